The molecule has 0 N–H and O–H groups in total. The number of para-hydroxylation sites is 3. The van der Waals surface area contributed by atoms with Crippen molar-refractivity contribution in [1.29, 1.82) is 0 Å². The van der Waals surface area contributed by atoms with Gasteiger partial charge in [-0.3, -0.25) is 0 Å². The van der Waals surface area contributed by atoms with Gasteiger partial charge in [0.15, 0.2) is 0 Å². The highest BCUT2D eigenvalue weighted by molar-refractivity contribution is 5.92. The van der Waals surface area contributed by atoms with Crippen LogP contribution < -0.4 is 14.2 Å². The van der Waals surface area contributed by atoms with Crippen molar-refractivity contribution in [3.8, 4) is 17.2 Å². The molecule has 6 heteroatoms. The van der Waals surface area contributed by atoms with Crippen LogP contribution in [0, 0.1) is 0 Å². The van der Waals surface area contributed by atoms with Gasteiger partial charge in [0.25, 0.3) is 0 Å². The smallest absolute Gasteiger partial charge is 0.343 e. The number of carbonyl (C=O) groups excluding carboxylic acids is 3. The number of esters is 3. The lowest BCUT2D eigenvalue weighted by molar-refractivity contribution is 0.0725. The van der Waals surface area contributed by atoms with Crippen molar-refractivity contribution in [2.24, 2.45) is 0 Å². The molecule has 0 aliphatic rings. The van der Waals surface area contributed by atoms with Gasteiger partial charge in [-0.15, -0.1) is 0 Å². The molecule has 6 nitrogen and oxygen atoms in total. The largest absolute Gasteiger partial charge is 0.423 e. The third-order valence-electron chi connectivity index (χ3n) is 7.33. The summed E-state index contributed by atoms with van der Waals surface area (Å²) in [6.45, 7) is 0. The Bertz CT molecular complexity index is 1740. The highest BCUT2D eigenvalue weighted by atomic mass is 16.5. The lowest BCUT2D eigenvalue weighted by Crippen LogP contribution is -2.16. The zero-order chi connectivity index (χ0) is 31.7. The number of hydrogen-bond donors (Lipinski definition) is 0. The summed E-state index contributed by atoms with van der Waals surface area (Å²) in [6, 6.07) is 47.6. The Morgan fingerprint density at radius 1 is 0.326 bits per heavy atom. The summed E-state index contributed by atoms with van der Waals surface area (Å²) in [7, 11) is 0. The van der Waals surface area contributed by atoms with Crippen molar-refractivity contribution in [3.05, 3.63) is 197 Å². The van der Waals surface area contributed by atoms with Crippen LogP contribution in [0.1, 0.15) is 53.7 Å². The van der Waals surface area contributed by atoms with Crippen LogP contribution in [0.4, 0.5) is 0 Å². The first-order valence-electron chi connectivity index (χ1n) is 14.7. The van der Waals surface area contributed by atoms with E-state index in [0.717, 1.165) is 0 Å². The Hall–Kier alpha value is -6.27. The van der Waals surface area contributed by atoms with E-state index < -0.39 is 23.8 Å². The zero-order valence-corrected chi connectivity index (χ0v) is 24.6. The van der Waals surface area contributed by atoms with Gasteiger partial charge in [0.05, 0.1) is 16.7 Å². The maximum Gasteiger partial charge on any atom is 0.343 e. The summed E-state index contributed by atoms with van der Waals surface area (Å²) < 4.78 is 17.9. The molecule has 0 saturated carbocycles. The van der Waals surface area contributed by atoms with Crippen LogP contribution in [-0.4, -0.2) is 17.9 Å². The molecular weight excluding hydrogens is 576 g/mol. The molecule has 0 bridgehead atoms. The van der Waals surface area contributed by atoms with E-state index >= 15 is 0 Å². The van der Waals surface area contributed by atoms with Gasteiger partial charge in [0.2, 0.25) is 0 Å². The Morgan fingerprint density at radius 2 is 0.565 bits per heavy atom. The van der Waals surface area contributed by atoms with Crippen LogP contribution in [0.15, 0.2) is 164 Å². The molecule has 0 saturated heterocycles. The highest BCUT2D eigenvalue weighted by Crippen LogP contribution is 2.44. The molecule has 6 rings (SSSR count). The first kappa shape index (κ1) is 29.8. The molecule has 0 atom stereocenters. The Labute approximate surface area is 266 Å². The molecule has 0 aliphatic heterocycles. The number of benzene rings is 6. The van der Waals surface area contributed by atoms with Crippen LogP contribution in [0.2, 0.25) is 0 Å². The fourth-order valence-electron chi connectivity index (χ4n) is 5.14. The second-order valence-corrected chi connectivity index (χ2v) is 10.3. The number of rotatable bonds is 9. The third kappa shape index (κ3) is 6.77. The summed E-state index contributed by atoms with van der Waals surface area (Å²) in [4.78, 5) is 39.7. The molecule has 0 spiro atoms. The van der Waals surface area contributed by atoms with E-state index in [4.69, 9.17) is 14.2 Å². The molecule has 224 valence electrons. The normalized spacial score (nSPS) is 10.6. The molecule has 0 aliphatic carbocycles. The van der Waals surface area contributed by atoms with Gasteiger partial charge in [-0.25, -0.2) is 14.4 Å². The van der Waals surface area contributed by atoms with Gasteiger partial charge in [-0.1, -0.05) is 109 Å². The standard InChI is InChI=1S/C40H28O6/c41-38(28-16-4-1-5-17-28)44-34-25-13-10-22-31(34)37(32-23-11-14-26-35(32)45-39(42)29-18-6-2-7-19-29)33-24-12-15-27-36(33)46-40(43)30-20-8-3-9-21-30/h1-27,37H. The summed E-state index contributed by atoms with van der Waals surface area (Å²) in [5.41, 5.74) is 2.96. The molecule has 0 unspecified atom stereocenters. The fraction of sp³-hybridized carbons (Fsp3) is 0.0250. The second-order valence-electron chi connectivity index (χ2n) is 10.3. The van der Waals surface area contributed by atoms with Crippen molar-refractivity contribution in [2.45, 2.75) is 5.92 Å². The molecular formula is C40H28O6. The summed E-state index contributed by atoms with van der Waals surface area (Å²) >= 11 is 0. The summed E-state index contributed by atoms with van der Waals surface area (Å²) in [5, 5.41) is 0. The molecule has 6 aromatic carbocycles. The topological polar surface area (TPSA) is 78.9 Å². The van der Waals surface area contributed by atoms with Crippen LogP contribution in [0.5, 0.6) is 17.2 Å². The monoisotopic (exact) mass is 604 g/mol. The average Bonchev–Trinajstić information content (AvgIpc) is 3.11. The van der Waals surface area contributed by atoms with Crippen molar-refractivity contribution in [1.82, 2.24) is 0 Å². The van der Waals surface area contributed by atoms with E-state index in [0.29, 0.717) is 50.6 Å². The third-order valence-corrected chi connectivity index (χ3v) is 7.33. The SMILES string of the molecule is O=C(Oc1ccccc1C(c1ccccc1OC(=O)c1ccccc1)c1ccccc1OC(=O)c1ccccc1)c1ccccc1. The highest BCUT2D eigenvalue weighted by Gasteiger charge is 2.29. The minimum absolute atomic E-state index is 0.301. The Balaban J connectivity index is 1.48. The van der Waals surface area contributed by atoms with E-state index in [-0.39, 0.29) is 0 Å². The number of carbonyl (C=O) groups is 3. The lowest BCUT2D eigenvalue weighted by atomic mass is 9.83. The second kappa shape index (κ2) is 14.0. The minimum Gasteiger partial charge on any atom is -0.423 e. The average molecular weight is 605 g/mol. The summed E-state index contributed by atoms with van der Waals surface area (Å²) in [5.74, 6) is -1.38. The molecule has 0 radical (unpaired) electrons. The van der Waals surface area contributed by atoms with Gasteiger partial charge < -0.3 is 14.2 Å². The fourth-order valence-corrected chi connectivity index (χ4v) is 5.14. The molecule has 0 heterocycles. The zero-order valence-electron chi connectivity index (χ0n) is 24.6. The van der Waals surface area contributed by atoms with Crippen molar-refractivity contribution >= 4 is 17.9 Å². The predicted octanol–water partition coefficient (Wildman–Crippen LogP) is 8.52. The van der Waals surface area contributed by atoms with Gasteiger partial charge in [-0.2, -0.15) is 0 Å². The van der Waals surface area contributed by atoms with Gasteiger partial charge in [-0.05, 0) is 54.6 Å². The molecule has 0 amide bonds. The van der Waals surface area contributed by atoms with E-state index in [2.05, 4.69) is 0 Å². The van der Waals surface area contributed by atoms with E-state index in [1.165, 1.54) is 0 Å². The van der Waals surface area contributed by atoms with Crippen LogP contribution in [0.3, 0.4) is 0 Å². The van der Waals surface area contributed by atoms with Crippen LogP contribution >= 0.6 is 0 Å². The van der Waals surface area contributed by atoms with Crippen molar-refractivity contribution in [2.75, 3.05) is 0 Å². The first-order chi connectivity index (χ1) is 22.6. The van der Waals surface area contributed by atoms with E-state index in [9.17, 15) is 14.4 Å². The van der Waals surface area contributed by atoms with Crippen molar-refractivity contribution in [3.63, 3.8) is 0 Å². The Morgan fingerprint density at radius 3 is 0.848 bits per heavy atom. The van der Waals surface area contributed by atoms with Crippen LogP contribution in [0.25, 0.3) is 0 Å². The van der Waals surface area contributed by atoms with Crippen molar-refractivity contribution < 1.29 is 28.6 Å². The molecule has 0 fully saturated rings. The maximum atomic E-state index is 13.2. The first-order valence-corrected chi connectivity index (χ1v) is 14.7. The number of hydrogen-bond acceptors (Lipinski definition) is 6. The number of ether oxygens (including phenoxy) is 3. The van der Waals surface area contributed by atoms with Gasteiger partial charge in [0.1, 0.15) is 17.2 Å². The molecule has 6 aromatic rings. The molecule has 46 heavy (non-hydrogen) atoms. The van der Waals surface area contributed by atoms with Crippen LogP contribution in [-0.2, 0) is 0 Å². The summed E-state index contributed by atoms with van der Waals surface area (Å²) in [6.07, 6.45) is 0. The van der Waals surface area contributed by atoms with Gasteiger partial charge >= 0.3 is 17.9 Å². The quantitative estimate of drug-likeness (QED) is 0.0935. The minimum atomic E-state index is -0.695. The Kier molecular flexibility index (Phi) is 9.07. The van der Waals surface area contributed by atoms with Gasteiger partial charge in [0, 0.05) is 22.6 Å². The maximum absolute atomic E-state index is 13.2. The van der Waals surface area contributed by atoms with E-state index in [1.54, 1.807) is 109 Å². The van der Waals surface area contributed by atoms with E-state index in [1.807, 2.05) is 54.6 Å². The predicted molar refractivity (Wildman–Crippen MR) is 174 cm³/mol. The lowest BCUT2D eigenvalue weighted by Gasteiger charge is -2.25. The molecule has 0 aromatic heterocycles.